The number of para-hydroxylation sites is 1. The first kappa shape index (κ1) is 17.8. The van der Waals surface area contributed by atoms with Crippen LogP contribution in [-0.4, -0.2) is 48.6 Å². The van der Waals surface area contributed by atoms with Crippen molar-refractivity contribution in [1.82, 2.24) is 9.91 Å². The topological polar surface area (TPSA) is 37.3 Å². The summed E-state index contributed by atoms with van der Waals surface area (Å²) in [6.45, 7) is 1.95. The molecule has 28 heavy (non-hydrogen) atoms. The van der Waals surface area contributed by atoms with Crippen LogP contribution >= 0.6 is 11.6 Å². The van der Waals surface area contributed by atoms with Crippen molar-refractivity contribution in [2.45, 2.75) is 31.0 Å². The Balaban J connectivity index is 1.62. The number of rotatable bonds is 2. The second-order valence-electron chi connectivity index (χ2n) is 7.82. The molecule has 5 nitrogen and oxygen atoms in total. The molecule has 0 aromatic heterocycles. The number of methoxy groups -OCH3 is 1. The lowest BCUT2D eigenvalue weighted by atomic mass is 9.90. The van der Waals surface area contributed by atoms with Crippen LogP contribution in [0.4, 0.5) is 0 Å². The van der Waals surface area contributed by atoms with E-state index in [9.17, 15) is 0 Å². The van der Waals surface area contributed by atoms with Crippen LogP contribution in [0.5, 0.6) is 11.5 Å². The Hall–Kier alpha value is -2.24. The van der Waals surface area contributed by atoms with Gasteiger partial charge in [-0.1, -0.05) is 41.9 Å². The van der Waals surface area contributed by atoms with Crippen LogP contribution in [0.1, 0.15) is 36.4 Å². The lowest BCUT2D eigenvalue weighted by Crippen LogP contribution is -2.58. The van der Waals surface area contributed by atoms with E-state index in [4.69, 9.17) is 26.2 Å². The minimum absolute atomic E-state index is 0.133. The van der Waals surface area contributed by atoms with Crippen LogP contribution in [-0.2, 0) is 0 Å². The molecule has 1 saturated heterocycles. The Kier molecular flexibility index (Phi) is 4.25. The molecular formula is C22H24ClN3O2. The molecule has 0 saturated carbocycles. The maximum atomic E-state index is 6.69. The molecule has 3 aliphatic rings. The SMILES string of the molecule is COc1cccc2c1OC1(CCN(C)CC1)N1N=C(c3ccccc3Cl)C[C@@H]21. The van der Waals surface area contributed by atoms with E-state index in [1.165, 1.54) is 0 Å². The summed E-state index contributed by atoms with van der Waals surface area (Å²) in [4.78, 5) is 2.34. The summed E-state index contributed by atoms with van der Waals surface area (Å²) in [5, 5.41) is 8.03. The van der Waals surface area contributed by atoms with Crippen molar-refractivity contribution in [3.8, 4) is 11.5 Å². The highest BCUT2D eigenvalue weighted by Gasteiger charge is 2.52. The van der Waals surface area contributed by atoms with E-state index in [0.717, 1.165) is 65.7 Å². The maximum Gasteiger partial charge on any atom is 0.200 e. The molecule has 3 heterocycles. The molecule has 6 heteroatoms. The summed E-state index contributed by atoms with van der Waals surface area (Å²) in [5.41, 5.74) is 2.72. The van der Waals surface area contributed by atoms with Gasteiger partial charge in [0.2, 0.25) is 5.72 Å². The lowest BCUT2D eigenvalue weighted by Gasteiger charge is -2.50. The summed E-state index contributed by atoms with van der Waals surface area (Å²) in [6.07, 6.45) is 2.61. The van der Waals surface area contributed by atoms with E-state index in [0.29, 0.717) is 0 Å². The van der Waals surface area contributed by atoms with Crippen molar-refractivity contribution in [1.29, 1.82) is 0 Å². The quantitative estimate of drug-likeness (QED) is 0.756. The highest BCUT2D eigenvalue weighted by atomic mass is 35.5. The number of benzene rings is 2. The average molecular weight is 398 g/mol. The van der Waals surface area contributed by atoms with Crippen molar-refractivity contribution in [3.63, 3.8) is 0 Å². The van der Waals surface area contributed by atoms with Crippen molar-refractivity contribution in [2.24, 2.45) is 5.10 Å². The van der Waals surface area contributed by atoms with E-state index >= 15 is 0 Å². The van der Waals surface area contributed by atoms with Gasteiger partial charge in [-0.3, -0.25) is 0 Å². The number of hydrogen-bond donors (Lipinski definition) is 0. The lowest BCUT2D eigenvalue weighted by molar-refractivity contribution is -0.148. The second kappa shape index (κ2) is 6.68. The fourth-order valence-electron chi connectivity index (χ4n) is 4.59. The molecule has 0 bridgehead atoms. The molecule has 146 valence electrons. The number of piperidine rings is 1. The monoisotopic (exact) mass is 397 g/mol. The van der Waals surface area contributed by atoms with Crippen LogP contribution < -0.4 is 9.47 Å². The highest BCUT2D eigenvalue weighted by molar-refractivity contribution is 6.34. The van der Waals surface area contributed by atoms with Crippen LogP contribution in [0.15, 0.2) is 47.6 Å². The predicted molar refractivity (Wildman–Crippen MR) is 110 cm³/mol. The van der Waals surface area contributed by atoms with E-state index in [1.54, 1.807) is 7.11 Å². The molecule has 2 aromatic rings. The normalized spacial score (nSPS) is 23.0. The zero-order valence-corrected chi connectivity index (χ0v) is 16.9. The molecule has 0 amide bonds. The van der Waals surface area contributed by atoms with E-state index in [2.05, 4.69) is 23.0 Å². The van der Waals surface area contributed by atoms with Gasteiger partial charge in [-0.15, -0.1) is 0 Å². The number of likely N-dealkylation sites (tertiary alicyclic amines) is 1. The van der Waals surface area contributed by atoms with Crippen molar-refractivity contribution >= 4 is 17.3 Å². The van der Waals surface area contributed by atoms with Crippen LogP contribution in [0.2, 0.25) is 5.02 Å². The first-order chi connectivity index (χ1) is 13.6. The first-order valence-corrected chi connectivity index (χ1v) is 10.2. The van der Waals surface area contributed by atoms with Gasteiger partial charge in [-0.2, -0.15) is 5.10 Å². The fourth-order valence-corrected chi connectivity index (χ4v) is 4.83. The molecule has 0 radical (unpaired) electrons. The van der Waals surface area contributed by atoms with Gasteiger partial charge < -0.3 is 14.4 Å². The molecule has 1 atom stereocenters. The number of ether oxygens (including phenoxy) is 2. The van der Waals surface area contributed by atoms with E-state index < -0.39 is 5.72 Å². The Bertz CT molecular complexity index is 937. The Labute approximate surface area is 170 Å². The van der Waals surface area contributed by atoms with Gasteiger partial charge >= 0.3 is 0 Å². The van der Waals surface area contributed by atoms with Gasteiger partial charge in [-0.25, -0.2) is 5.01 Å². The second-order valence-corrected chi connectivity index (χ2v) is 8.23. The fraction of sp³-hybridized carbons (Fsp3) is 0.409. The highest BCUT2D eigenvalue weighted by Crippen LogP contribution is 2.52. The van der Waals surface area contributed by atoms with Crippen molar-refractivity contribution < 1.29 is 9.47 Å². The molecule has 3 aliphatic heterocycles. The smallest absolute Gasteiger partial charge is 0.200 e. The van der Waals surface area contributed by atoms with Gasteiger partial charge in [0.1, 0.15) is 0 Å². The zero-order chi connectivity index (χ0) is 19.3. The molecule has 1 fully saturated rings. The standard InChI is InChI=1S/C22H24ClN3O2/c1-25-12-10-22(11-13-25)26-19(16-7-5-9-20(27-2)21(16)28-22)14-18(24-26)15-6-3-4-8-17(15)23/h3-9,19H,10-14H2,1-2H3/t19-/m0/s1. The molecular weight excluding hydrogens is 374 g/mol. The van der Waals surface area contributed by atoms with Gasteiger partial charge in [0.15, 0.2) is 11.5 Å². The summed E-state index contributed by atoms with van der Waals surface area (Å²) in [6, 6.07) is 14.2. The maximum absolute atomic E-state index is 6.69. The van der Waals surface area contributed by atoms with Gasteiger partial charge in [0, 0.05) is 48.5 Å². The van der Waals surface area contributed by atoms with E-state index in [1.807, 2.05) is 36.4 Å². The average Bonchev–Trinajstić information content (AvgIpc) is 3.17. The third-order valence-electron chi connectivity index (χ3n) is 6.16. The Morgan fingerprint density at radius 1 is 1.14 bits per heavy atom. The van der Waals surface area contributed by atoms with Crippen molar-refractivity contribution in [3.05, 3.63) is 58.6 Å². The van der Waals surface area contributed by atoms with Crippen molar-refractivity contribution in [2.75, 3.05) is 27.2 Å². The van der Waals surface area contributed by atoms with E-state index in [-0.39, 0.29) is 6.04 Å². The molecule has 2 aromatic carbocycles. The minimum Gasteiger partial charge on any atom is -0.493 e. The number of hydrazone groups is 1. The third kappa shape index (κ3) is 2.68. The Morgan fingerprint density at radius 3 is 2.68 bits per heavy atom. The molecule has 0 unspecified atom stereocenters. The number of nitrogens with zero attached hydrogens (tertiary/aromatic N) is 3. The molecule has 0 aliphatic carbocycles. The number of fused-ring (bicyclic) bond motifs is 4. The third-order valence-corrected chi connectivity index (χ3v) is 6.49. The minimum atomic E-state index is -0.443. The Morgan fingerprint density at radius 2 is 1.93 bits per heavy atom. The van der Waals surface area contributed by atoms with Gasteiger partial charge in [-0.05, 0) is 19.2 Å². The van der Waals surface area contributed by atoms with Gasteiger partial charge in [0.25, 0.3) is 0 Å². The summed E-state index contributed by atoms with van der Waals surface area (Å²) in [7, 11) is 3.86. The zero-order valence-electron chi connectivity index (χ0n) is 16.2. The van der Waals surface area contributed by atoms with Gasteiger partial charge in [0.05, 0.1) is 18.9 Å². The molecule has 5 rings (SSSR count). The van der Waals surface area contributed by atoms with Crippen LogP contribution in [0.3, 0.4) is 0 Å². The largest absolute Gasteiger partial charge is 0.493 e. The molecule has 1 spiro atoms. The first-order valence-electron chi connectivity index (χ1n) is 9.77. The number of halogens is 1. The predicted octanol–water partition coefficient (Wildman–Crippen LogP) is 4.31. The number of hydrogen-bond acceptors (Lipinski definition) is 5. The van der Waals surface area contributed by atoms with Crippen LogP contribution in [0.25, 0.3) is 0 Å². The summed E-state index contributed by atoms with van der Waals surface area (Å²) >= 11 is 6.49. The molecule has 0 N–H and O–H groups in total. The van der Waals surface area contributed by atoms with Crippen LogP contribution in [0, 0.1) is 0 Å². The summed E-state index contributed by atoms with van der Waals surface area (Å²) in [5.74, 6) is 1.66. The summed E-state index contributed by atoms with van der Waals surface area (Å²) < 4.78 is 12.3.